The Morgan fingerprint density at radius 1 is 0.774 bits per heavy atom. The van der Waals surface area contributed by atoms with Crippen molar-refractivity contribution in [2.75, 3.05) is 10.2 Å². The molecule has 1 N–H and O–H groups in total. The highest BCUT2D eigenvalue weighted by atomic mass is 16.2. The summed E-state index contributed by atoms with van der Waals surface area (Å²) in [5, 5.41) is 3.23. The fraction of sp³-hybridized carbons (Fsp3) is 0.185. The Bertz CT molecular complexity index is 1190. The number of nitrogens with one attached hydrogen (secondary N) is 1. The summed E-state index contributed by atoms with van der Waals surface area (Å²) in [6, 6.07) is 21.3. The lowest BCUT2D eigenvalue weighted by molar-refractivity contribution is -0.120. The molecule has 0 saturated heterocycles. The molecule has 1 heterocycles. The summed E-state index contributed by atoms with van der Waals surface area (Å²) in [6.07, 6.45) is 0.897. The lowest BCUT2D eigenvalue weighted by Crippen LogP contribution is -2.32. The third kappa shape index (κ3) is 3.89. The summed E-state index contributed by atoms with van der Waals surface area (Å²) < 4.78 is 0. The van der Waals surface area contributed by atoms with Crippen LogP contribution in [0.25, 0.3) is 5.57 Å². The molecule has 3 aromatic rings. The Labute approximate surface area is 183 Å². The van der Waals surface area contributed by atoms with Crippen LogP contribution in [0.3, 0.4) is 0 Å². The Morgan fingerprint density at radius 3 is 2.03 bits per heavy atom. The Balaban J connectivity index is 1.82. The number of aryl methyl sites for hydroxylation is 4. The molecule has 1 aliphatic heterocycles. The number of hydrogen-bond donors (Lipinski definition) is 1. The van der Waals surface area contributed by atoms with Crippen LogP contribution < -0.4 is 10.2 Å². The summed E-state index contributed by atoms with van der Waals surface area (Å²) in [6.45, 7) is 8.07. The van der Waals surface area contributed by atoms with Gasteiger partial charge in [0.1, 0.15) is 5.70 Å². The van der Waals surface area contributed by atoms with Crippen molar-refractivity contribution in [1.29, 1.82) is 0 Å². The highest BCUT2D eigenvalue weighted by Gasteiger charge is 2.40. The summed E-state index contributed by atoms with van der Waals surface area (Å²) in [7, 11) is 0. The number of hydrogen-bond acceptors (Lipinski definition) is 3. The highest BCUT2D eigenvalue weighted by molar-refractivity contribution is 6.46. The average molecular weight is 411 g/mol. The summed E-state index contributed by atoms with van der Waals surface area (Å²) in [4.78, 5) is 28.3. The van der Waals surface area contributed by atoms with Crippen LogP contribution in [0.5, 0.6) is 0 Å². The molecule has 0 bridgehead atoms. The van der Waals surface area contributed by atoms with Crippen molar-refractivity contribution in [3.05, 3.63) is 100 Å². The molecular formula is C27H26N2O2. The molecule has 2 amide bonds. The van der Waals surface area contributed by atoms with Crippen molar-refractivity contribution in [2.24, 2.45) is 0 Å². The maximum Gasteiger partial charge on any atom is 0.282 e. The van der Waals surface area contributed by atoms with Gasteiger partial charge in [0, 0.05) is 5.69 Å². The van der Waals surface area contributed by atoms with E-state index in [1.165, 1.54) is 4.90 Å². The molecule has 0 unspecified atom stereocenters. The van der Waals surface area contributed by atoms with Gasteiger partial charge >= 0.3 is 0 Å². The van der Waals surface area contributed by atoms with Gasteiger partial charge in [-0.3, -0.25) is 9.59 Å². The highest BCUT2D eigenvalue weighted by Crippen LogP contribution is 2.35. The van der Waals surface area contributed by atoms with E-state index < -0.39 is 0 Å². The van der Waals surface area contributed by atoms with Crippen LogP contribution in [0.15, 0.2) is 72.4 Å². The molecule has 31 heavy (non-hydrogen) atoms. The molecule has 0 aliphatic carbocycles. The van der Waals surface area contributed by atoms with Gasteiger partial charge in [0.25, 0.3) is 11.8 Å². The Morgan fingerprint density at radius 2 is 1.42 bits per heavy atom. The minimum Gasteiger partial charge on any atom is -0.350 e. The monoisotopic (exact) mass is 410 g/mol. The summed E-state index contributed by atoms with van der Waals surface area (Å²) in [5.41, 5.74) is 7.18. The van der Waals surface area contributed by atoms with E-state index in [1.54, 1.807) is 0 Å². The largest absolute Gasteiger partial charge is 0.350 e. The fourth-order valence-electron chi connectivity index (χ4n) is 3.89. The third-order valence-corrected chi connectivity index (χ3v) is 5.66. The minimum atomic E-state index is -0.343. The van der Waals surface area contributed by atoms with Gasteiger partial charge in [0.15, 0.2) is 0 Å². The number of benzene rings is 3. The van der Waals surface area contributed by atoms with Crippen LogP contribution in [0.4, 0.5) is 11.4 Å². The van der Waals surface area contributed by atoms with E-state index in [4.69, 9.17) is 0 Å². The predicted molar refractivity (Wildman–Crippen MR) is 126 cm³/mol. The number of carbonyl (C=O) groups excluding carboxylic acids is 2. The maximum atomic E-state index is 13.6. The van der Waals surface area contributed by atoms with Gasteiger partial charge in [-0.2, -0.15) is 0 Å². The van der Waals surface area contributed by atoms with Gasteiger partial charge in [0.05, 0.1) is 11.3 Å². The van der Waals surface area contributed by atoms with Gasteiger partial charge in [0.2, 0.25) is 0 Å². The van der Waals surface area contributed by atoms with Gasteiger partial charge < -0.3 is 5.32 Å². The number of carbonyl (C=O) groups is 2. The molecule has 1 aliphatic rings. The molecule has 0 atom stereocenters. The van der Waals surface area contributed by atoms with E-state index in [-0.39, 0.29) is 11.8 Å². The molecular weight excluding hydrogens is 384 g/mol. The van der Waals surface area contributed by atoms with E-state index in [0.29, 0.717) is 17.0 Å². The zero-order valence-electron chi connectivity index (χ0n) is 18.3. The normalized spacial score (nSPS) is 13.9. The molecule has 3 aromatic carbocycles. The molecule has 4 nitrogen and oxygen atoms in total. The van der Waals surface area contributed by atoms with Crippen molar-refractivity contribution in [1.82, 2.24) is 0 Å². The maximum absolute atomic E-state index is 13.6. The first-order valence-electron chi connectivity index (χ1n) is 10.5. The molecule has 0 saturated carbocycles. The third-order valence-electron chi connectivity index (χ3n) is 5.66. The summed E-state index contributed by atoms with van der Waals surface area (Å²) >= 11 is 0. The molecule has 0 fully saturated rings. The van der Waals surface area contributed by atoms with Gasteiger partial charge in [-0.15, -0.1) is 0 Å². The van der Waals surface area contributed by atoms with E-state index in [2.05, 4.69) is 12.2 Å². The van der Waals surface area contributed by atoms with Crippen LogP contribution in [-0.4, -0.2) is 11.8 Å². The molecule has 4 heteroatoms. The Kier molecular flexibility index (Phi) is 5.47. The second-order valence-electron chi connectivity index (χ2n) is 8.03. The van der Waals surface area contributed by atoms with Crippen molar-refractivity contribution in [3.63, 3.8) is 0 Å². The first kappa shape index (κ1) is 20.6. The molecule has 0 spiro atoms. The molecule has 0 aromatic heterocycles. The van der Waals surface area contributed by atoms with Crippen LogP contribution in [0.2, 0.25) is 0 Å². The number of rotatable bonds is 5. The molecule has 156 valence electrons. The van der Waals surface area contributed by atoms with Crippen molar-refractivity contribution in [3.8, 4) is 0 Å². The van der Waals surface area contributed by atoms with Crippen LogP contribution in [-0.2, 0) is 16.0 Å². The van der Waals surface area contributed by atoms with Gasteiger partial charge in [-0.25, -0.2) is 4.90 Å². The zero-order valence-corrected chi connectivity index (χ0v) is 18.3. The van der Waals surface area contributed by atoms with Crippen LogP contribution in [0.1, 0.15) is 34.7 Å². The fourth-order valence-corrected chi connectivity index (χ4v) is 3.89. The topological polar surface area (TPSA) is 49.4 Å². The summed E-state index contributed by atoms with van der Waals surface area (Å²) in [5.74, 6) is -0.652. The van der Waals surface area contributed by atoms with Gasteiger partial charge in [-0.05, 0) is 68.1 Å². The quantitative estimate of drug-likeness (QED) is 0.559. The van der Waals surface area contributed by atoms with Crippen LogP contribution in [0, 0.1) is 20.8 Å². The number of imide groups is 1. The first-order valence-corrected chi connectivity index (χ1v) is 10.5. The SMILES string of the molecule is CCc1ccc(N2C(=O)C(Nc3ccc(C)cc3)=C(c3ccc(C)cc3C)C2=O)cc1. The lowest BCUT2D eigenvalue weighted by Gasteiger charge is -2.16. The van der Waals surface area contributed by atoms with Crippen molar-refractivity contribution in [2.45, 2.75) is 34.1 Å². The standard InChI is InChI=1S/C27H26N2O2/c1-5-20-9-13-22(14-10-20)29-26(30)24(23-15-8-18(3)16-19(23)4)25(27(29)31)28-21-11-6-17(2)7-12-21/h6-16,28H,5H2,1-4H3. The average Bonchev–Trinajstić information content (AvgIpc) is 2.99. The predicted octanol–water partition coefficient (Wildman–Crippen LogP) is 5.57. The van der Waals surface area contributed by atoms with Crippen molar-refractivity contribution >= 4 is 28.8 Å². The van der Waals surface area contributed by atoms with Crippen molar-refractivity contribution < 1.29 is 9.59 Å². The minimum absolute atomic E-state index is 0.306. The first-order chi connectivity index (χ1) is 14.9. The van der Waals surface area contributed by atoms with E-state index >= 15 is 0 Å². The lowest BCUT2D eigenvalue weighted by atomic mass is 9.97. The van der Waals surface area contributed by atoms with Crippen LogP contribution >= 0.6 is 0 Å². The number of nitrogens with zero attached hydrogens (tertiary/aromatic N) is 1. The number of amides is 2. The smallest absolute Gasteiger partial charge is 0.282 e. The van der Waals surface area contributed by atoms with E-state index in [1.807, 2.05) is 87.5 Å². The molecule has 0 radical (unpaired) electrons. The van der Waals surface area contributed by atoms with E-state index in [9.17, 15) is 9.59 Å². The second-order valence-corrected chi connectivity index (χ2v) is 8.03. The zero-order chi connectivity index (χ0) is 22.1. The van der Waals surface area contributed by atoms with Gasteiger partial charge in [-0.1, -0.05) is 60.5 Å². The Hall–Kier alpha value is -3.66. The number of anilines is 2. The second kappa shape index (κ2) is 8.23. The molecule has 4 rings (SSSR count). The van der Waals surface area contributed by atoms with E-state index in [0.717, 1.165) is 39.9 Å².